The lowest BCUT2D eigenvalue weighted by Gasteiger charge is -2.18. The highest BCUT2D eigenvalue weighted by Crippen LogP contribution is 2.27. The molecule has 0 saturated heterocycles. The maximum absolute atomic E-state index is 8.78. The average Bonchev–Trinajstić information content (AvgIpc) is 2.43. The van der Waals surface area contributed by atoms with Crippen LogP contribution in [0.3, 0.4) is 0 Å². The van der Waals surface area contributed by atoms with E-state index in [-0.39, 0.29) is 6.04 Å². The van der Waals surface area contributed by atoms with Gasteiger partial charge in [0.05, 0.1) is 17.3 Å². The quantitative estimate of drug-likeness (QED) is 0.856. The van der Waals surface area contributed by atoms with Crippen molar-refractivity contribution < 1.29 is 0 Å². The standard InChI is InChI=1S/C15H14ClN3/c1-10-7-8-18-15(16)14(10)19-11(2)13-5-3-12(9-17)4-6-13/h3-8,11,19H,1-2H3. The van der Waals surface area contributed by atoms with E-state index in [4.69, 9.17) is 16.9 Å². The highest BCUT2D eigenvalue weighted by atomic mass is 35.5. The minimum Gasteiger partial charge on any atom is -0.376 e. The van der Waals surface area contributed by atoms with Crippen molar-refractivity contribution >= 4 is 17.3 Å². The Labute approximate surface area is 117 Å². The number of pyridine rings is 1. The number of anilines is 1. The van der Waals surface area contributed by atoms with Crippen LogP contribution in [0.25, 0.3) is 0 Å². The van der Waals surface area contributed by atoms with Gasteiger partial charge < -0.3 is 5.32 Å². The van der Waals surface area contributed by atoms with Gasteiger partial charge >= 0.3 is 0 Å². The van der Waals surface area contributed by atoms with E-state index in [0.717, 1.165) is 16.8 Å². The Hall–Kier alpha value is -2.05. The van der Waals surface area contributed by atoms with E-state index >= 15 is 0 Å². The predicted molar refractivity (Wildman–Crippen MR) is 77.2 cm³/mol. The minimum atomic E-state index is 0.0909. The number of hydrogen-bond donors (Lipinski definition) is 1. The fourth-order valence-electron chi connectivity index (χ4n) is 1.84. The maximum Gasteiger partial charge on any atom is 0.152 e. The van der Waals surface area contributed by atoms with Crippen molar-refractivity contribution in [2.75, 3.05) is 5.32 Å². The number of nitriles is 1. The van der Waals surface area contributed by atoms with Gasteiger partial charge in [-0.2, -0.15) is 5.26 Å². The summed E-state index contributed by atoms with van der Waals surface area (Å²) in [5.41, 5.74) is 3.66. The summed E-state index contributed by atoms with van der Waals surface area (Å²) in [5, 5.41) is 12.6. The number of rotatable bonds is 3. The van der Waals surface area contributed by atoms with Crippen LogP contribution in [-0.2, 0) is 0 Å². The molecule has 0 spiro atoms. The van der Waals surface area contributed by atoms with Crippen LogP contribution in [0.15, 0.2) is 36.5 Å². The van der Waals surface area contributed by atoms with Gasteiger partial charge in [-0.05, 0) is 43.2 Å². The summed E-state index contributed by atoms with van der Waals surface area (Å²) in [6, 6.07) is 11.6. The second-order valence-corrected chi connectivity index (χ2v) is 4.75. The van der Waals surface area contributed by atoms with Crippen LogP contribution >= 0.6 is 11.6 Å². The van der Waals surface area contributed by atoms with Gasteiger partial charge in [0.1, 0.15) is 0 Å². The van der Waals surface area contributed by atoms with Gasteiger partial charge in [-0.1, -0.05) is 23.7 Å². The zero-order chi connectivity index (χ0) is 13.8. The summed E-state index contributed by atoms with van der Waals surface area (Å²) in [4.78, 5) is 4.07. The third-order valence-electron chi connectivity index (χ3n) is 3.01. The summed E-state index contributed by atoms with van der Waals surface area (Å²) in [7, 11) is 0. The summed E-state index contributed by atoms with van der Waals surface area (Å²) in [6.45, 7) is 4.03. The SMILES string of the molecule is Cc1ccnc(Cl)c1NC(C)c1ccc(C#N)cc1. The molecule has 1 aromatic heterocycles. The summed E-state index contributed by atoms with van der Waals surface area (Å²) < 4.78 is 0. The van der Waals surface area contributed by atoms with Gasteiger partial charge in [-0.3, -0.25) is 0 Å². The zero-order valence-electron chi connectivity index (χ0n) is 10.8. The van der Waals surface area contributed by atoms with Crippen LogP contribution < -0.4 is 5.32 Å². The third kappa shape index (κ3) is 3.04. The first-order valence-corrected chi connectivity index (χ1v) is 6.37. The lowest BCUT2D eigenvalue weighted by atomic mass is 10.1. The molecule has 4 heteroatoms. The number of aryl methyl sites for hydroxylation is 1. The molecule has 0 aliphatic carbocycles. The lowest BCUT2D eigenvalue weighted by molar-refractivity contribution is 0.880. The molecule has 0 bridgehead atoms. The van der Waals surface area contributed by atoms with E-state index in [1.165, 1.54) is 0 Å². The highest BCUT2D eigenvalue weighted by Gasteiger charge is 2.10. The Morgan fingerprint density at radius 3 is 2.53 bits per heavy atom. The molecule has 96 valence electrons. The van der Waals surface area contributed by atoms with Crippen molar-refractivity contribution in [3.63, 3.8) is 0 Å². The van der Waals surface area contributed by atoms with E-state index in [1.807, 2.05) is 44.2 Å². The van der Waals surface area contributed by atoms with Crippen molar-refractivity contribution in [3.8, 4) is 6.07 Å². The lowest BCUT2D eigenvalue weighted by Crippen LogP contribution is -2.08. The molecule has 0 amide bonds. The highest BCUT2D eigenvalue weighted by molar-refractivity contribution is 6.32. The maximum atomic E-state index is 8.78. The molecule has 19 heavy (non-hydrogen) atoms. The first-order valence-electron chi connectivity index (χ1n) is 5.99. The smallest absolute Gasteiger partial charge is 0.152 e. The molecule has 0 saturated carbocycles. The van der Waals surface area contributed by atoms with Gasteiger partial charge in [0.15, 0.2) is 5.15 Å². The van der Waals surface area contributed by atoms with Crippen molar-refractivity contribution in [2.24, 2.45) is 0 Å². The molecule has 1 heterocycles. The van der Waals surface area contributed by atoms with Gasteiger partial charge in [-0.25, -0.2) is 4.98 Å². The summed E-state index contributed by atoms with van der Waals surface area (Å²) in [5.74, 6) is 0. The average molecular weight is 272 g/mol. The van der Waals surface area contributed by atoms with E-state index in [1.54, 1.807) is 6.20 Å². The fourth-order valence-corrected chi connectivity index (χ4v) is 2.10. The first kappa shape index (κ1) is 13.4. The second-order valence-electron chi connectivity index (χ2n) is 4.39. The van der Waals surface area contributed by atoms with Crippen molar-refractivity contribution in [2.45, 2.75) is 19.9 Å². The molecule has 1 N–H and O–H groups in total. The third-order valence-corrected chi connectivity index (χ3v) is 3.30. The minimum absolute atomic E-state index is 0.0909. The van der Waals surface area contributed by atoms with Crippen molar-refractivity contribution in [1.29, 1.82) is 5.26 Å². The molecule has 2 aromatic rings. The van der Waals surface area contributed by atoms with Crippen LogP contribution in [0, 0.1) is 18.3 Å². The molecule has 0 fully saturated rings. The summed E-state index contributed by atoms with van der Waals surface area (Å²) >= 11 is 6.09. The van der Waals surface area contributed by atoms with E-state index < -0.39 is 0 Å². The van der Waals surface area contributed by atoms with Crippen molar-refractivity contribution in [1.82, 2.24) is 4.98 Å². The predicted octanol–water partition coefficient (Wildman–Crippen LogP) is 4.09. The molecule has 0 radical (unpaired) electrons. The summed E-state index contributed by atoms with van der Waals surface area (Å²) in [6.07, 6.45) is 1.69. The van der Waals surface area contributed by atoms with E-state index in [9.17, 15) is 0 Å². The topological polar surface area (TPSA) is 48.7 Å². The molecule has 2 rings (SSSR count). The monoisotopic (exact) mass is 271 g/mol. The molecule has 0 aliphatic heterocycles. The Bertz CT molecular complexity index is 594. The number of benzene rings is 1. The largest absolute Gasteiger partial charge is 0.376 e. The van der Waals surface area contributed by atoms with Gasteiger partial charge in [0, 0.05) is 12.2 Å². The van der Waals surface area contributed by atoms with E-state index in [2.05, 4.69) is 16.4 Å². The Balaban J connectivity index is 2.21. The van der Waals surface area contributed by atoms with Gasteiger partial charge in [0.25, 0.3) is 0 Å². The Morgan fingerprint density at radius 1 is 1.26 bits per heavy atom. The Kier molecular flexibility index (Phi) is 4.03. The second kappa shape index (κ2) is 5.73. The van der Waals surface area contributed by atoms with Gasteiger partial charge in [0.2, 0.25) is 0 Å². The number of nitrogens with one attached hydrogen (secondary N) is 1. The fraction of sp³-hybridized carbons (Fsp3) is 0.200. The molecule has 0 aliphatic rings. The van der Waals surface area contributed by atoms with Gasteiger partial charge in [-0.15, -0.1) is 0 Å². The molecular weight excluding hydrogens is 258 g/mol. The normalized spacial score (nSPS) is 11.7. The Morgan fingerprint density at radius 2 is 1.95 bits per heavy atom. The van der Waals surface area contributed by atoms with Crippen LogP contribution in [0.1, 0.15) is 29.7 Å². The molecule has 3 nitrogen and oxygen atoms in total. The number of halogens is 1. The van der Waals surface area contributed by atoms with E-state index in [0.29, 0.717) is 10.7 Å². The van der Waals surface area contributed by atoms with Crippen LogP contribution in [0.5, 0.6) is 0 Å². The van der Waals surface area contributed by atoms with Crippen LogP contribution in [0.4, 0.5) is 5.69 Å². The molecule has 1 unspecified atom stereocenters. The number of hydrogen-bond acceptors (Lipinski definition) is 3. The number of aromatic nitrogens is 1. The molecular formula is C15H14ClN3. The molecule has 1 atom stereocenters. The number of nitrogens with zero attached hydrogens (tertiary/aromatic N) is 2. The van der Waals surface area contributed by atoms with Crippen LogP contribution in [0.2, 0.25) is 5.15 Å². The van der Waals surface area contributed by atoms with Crippen molar-refractivity contribution in [3.05, 3.63) is 58.4 Å². The first-order chi connectivity index (χ1) is 9.11. The zero-order valence-corrected chi connectivity index (χ0v) is 11.6. The van der Waals surface area contributed by atoms with Crippen LogP contribution in [-0.4, -0.2) is 4.98 Å². The molecule has 1 aromatic carbocycles.